The molecule has 18 heavy (non-hydrogen) atoms. The highest BCUT2D eigenvalue weighted by Crippen LogP contribution is 2.35. The van der Waals surface area contributed by atoms with Crippen LogP contribution in [0.15, 0.2) is 12.1 Å². The van der Waals surface area contributed by atoms with Gasteiger partial charge in [0.25, 0.3) is 0 Å². The topological polar surface area (TPSA) is 50.7 Å². The summed E-state index contributed by atoms with van der Waals surface area (Å²) in [7, 11) is 0. The van der Waals surface area contributed by atoms with Crippen molar-refractivity contribution in [2.75, 3.05) is 31.7 Å². The molecule has 0 saturated carbocycles. The van der Waals surface area contributed by atoms with E-state index in [2.05, 4.69) is 12.2 Å². The molecule has 0 fully saturated rings. The van der Waals surface area contributed by atoms with Gasteiger partial charge in [-0.1, -0.05) is 6.92 Å². The standard InChI is InChI=1S/C14H21NO3/c1-3-11(9-16)8-15-12-7-14-13(6-10(12)2)17-4-5-18-14/h6-7,11,15-16H,3-5,8-9H2,1-2H3. The maximum absolute atomic E-state index is 9.18. The van der Waals surface area contributed by atoms with E-state index in [1.807, 2.05) is 19.1 Å². The maximum Gasteiger partial charge on any atom is 0.163 e. The van der Waals surface area contributed by atoms with Gasteiger partial charge in [0.2, 0.25) is 0 Å². The normalized spacial score (nSPS) is 15.3. The van der Waals surface area contributed by atoms with Crippen LogP contribution in [0.3, 0.4) is 0 Å². The van der Waals surface area contributed by atoms with Crippen LogP contribution in [0.5, 0.6) is 11.5 Å². The average Bonchev–Trinajstić information content (AvgIpc) is 2.40. The second-order valence-electron chi connectivity index (χ2n) is 4.65. The van der Waals surface area contributed by atoms with Crippen LogP contribution in [0.2, 0.25) is 0 Å². The van der Waals surface area contributed by atoms with Crippen LogP contribution in [0, 0.1) is 12.8 Å². The van der Waals surface area contributed by atoms with Gasteiger partial charge in [-0.2, -0.15) is 0 Å². The molecule has 1 atom stereocenters. The molecule has 1 aromatic carbocycles. The fourth-order valence-electron chi connectivity index (χ4n) is 1.97. The van der Waals surface area contributed by atoms with Crippen molar-refractivity contribution in [3.63, 3.8) is 0 Å². The van der Waals surface area contributed by atoms with Gasteiger partial charge in [-0.25, -0.2) is 0 Å². The smallest absolute Gasteiger partial charge is 0.163 e. The van der Waals surface area contributed by atoms with Crippen molar-refractivity contribution in [3.8, 4) is 11.5 Å². The molecule has 100 valence electrons. The van der Waals surface area contributed by atoms with E-state index in [9.17, 15) is 5.11 Å². The van der Waals surface area contributed by atoms with Crippen LogP contribution in [-0.2, 0) is 0 Å². The fourth-order valence-corrected chi connectivity index (χ4v) is 1.97. The zero-order valence-electron chi connectivity index (χ0n) is 11.0. The lowest BCUT2D eigenvalue weighted by molar-refractivity contribution is 0.171. The molecular weight excluding hydrogens is 230 g/mol. The predicted molar refractivity (Wildman–Crippen MR) is 71.5 cm³/mol. The zero-order chi connectivity index (χ0) is 13.0. The van der Waals surface area contributed by atoms with E-state index in [1.165, 1.54) is 0 Å². The Morgan fingerprint density at radius 1 is 1.28 bits per heavy atom. The molecule has 0 aliphatic carbocycles. The molecule has 2 rings (SSSR count). The fraction of sp³-hybridized carbons (Fsp3) is 0.571. The summed E-state index contributed by atoms with van der Waals surface area (Å²) < 4.78 is 11.1. The second kappa shape index (κ2) is 5.96. The summed E-state index contributed by atoms with van der Waals surface area (Å²) >= 11 is 0. The van der Waals surface area contributed by atoms with Crippen LogP contribution < -0.4 is 14.8 Å². The second-order valence-corrected chi connectivity index (χ2v) is 4.65. The minimum absolute atomic E-state index is 0.215. The van der Waals surface area contributed by atoms with Crippen molar-refractivity contribution >= 4 is 5.69 Å². The van der Waals surface area contributed by atoms with Crippen molar-refractivity contribution in [1.29, 1.82) is 0 Å². The number of benzene rings is 1. The van der Waals surface area contributed by atoms with Gasteiger partial charge in [0.15, 0.2) is 11.5 Å². The molecule has 0 saturated heterocycles. The van der Waals surface area contributed by atoms with Gasteiger partial charge in [0.05, 0.1) is 0 Å². The highest BCUT2D eigenvalue weighted by atomic mass is 16.6. The summed E-state index contributed by atoms with van der Waals surface area (Å²) in [4.78, 5) is 0. The summed E-state index contributed by atoms with van der Waals surface area (Å²) in [5, 5.41) is 12.6. The maximum atomic E-state index is 9.18. The molecule has 0 spiro atoms. The molecule has 1 unspecified atom stereocenters. The number of ether oxygens (including phenoxy) is 2. The van der Waals surface area contributed by atoms with Crippen LogP contribution in [0.4, 0.5) is 5.69 Å². The number of nitrogens with one attached hydrogen (secondary N) is 1. The van der Waals surface area contributed by atoms with E-state index in [0.717, 1.165) is 35.7 Å². The molecule has 0 aromatic heterocycles. The summed E-state index contributed by atoms with van der Waals surface area (Å²) in [5.41, 5.74) is 2.18. The van der Waals surface area contributed by atoms with Gasteiger partial charge in [-0.3, -0.25) is 0 Å². The predicted octanol–water partition coefficient (Wildman–Crippen LogP) is 2.20. The third-order valence-electron chi connectivity index (χ3n) is 3.31. The van der Waals surface area contributed by atoms with E-state index >= 15 is 0 Å². The lowest BCUT2D eigenvalue weighted by Crippen LogP contribution is -2.19. The first-order valence-corrected chi connectivity index (χ1v) is 6.49. The average molecular weight is 251 g/mol. The first kappa shape index (κ1) is 13.0. The van der Waals surface area contributed by atoms with Crippen LogP contribution >= 0.6 is 0 Å². The van der Waals surface area contributed by atoms with Crippen molar-refractivity contribution in [3.05, 3.63) is 17.7 Å². The van der Waals surface area contributed by atoms with Crippen LogP contribution in [0.1, 0.15) is 18.9 Å². The SMILES string of the molecule is CCC(CO)CNc1cc2c(cc1C)OCCO2. The summed E-state index contributed by atoms with van der Waals surface area (Å²) in [6.45, 7) is 6.33. The number of aliphatic hydroxyl groups excluding tert-OH is 1. The molecule has 4 heteroatoms. The lowest BCUT2D eigenvalue weighted by Gasteiger charge is -2.21. The number of aliphatic hydroxyl groups is 1. The molecule has 1 aromatic rings. The minimum Gasteiger partial charge on any atom is -0.486 e. The van der Waals surface area contributed by atoms with Gasteiger partial charge in [0, 0.05) is 24.9 Å². The number of fused-ring (bicyclic) bond motifs is 1. The first-order valence-electron chi connectivity index (χ1n) is 6.49. The Kier molecular flexibility index (Phi) is 4.31. The van der Waals surface area contributed by atoms with Crippen LogP contribution in [0.25, 0.3) is 0 Å². The number of rotatable bonds is 5. The van der Waals surface area contributed by atoms with E-state index in [0.29, 0.717) is 13.2 Å². The zero-order valence-corrected chi connectivity index (χ0v) is 11.0. The highest BCUT2D eigenvalue weighted by molar-refractivity contribution is 5.60. The van der Waals surface area contributed by atoms with E-state index < -0.39 is 0 Å². The molecule has 0 amide bonds. The third kappa shape index (κ3) is 2.88. The third-order valence-corrected chi connectivity index (χ3v) is 3.31. The molecule has 4 nitrogen and oxygen atoms in total. The Morgan fingerprint density at radius 2 is 1.94 bits per heavy atom. The Labute approximate surface area is 108 Å². The van der Waals surface area contributed by atoms with Gasteiger partial charge in [-0.05, 0) is 30.9 Å². The molecule has 0 radical (unpaired) electrons. The van der Waals surface area contributed by atoms with Crippen LogP contribution in [-0.4, -0.2) is 31.5 Å². The van der Waals surface area contributed by atoms with Crippen molar-refractivity contribution in [2.45, 2.75) is 20.3 Å². The van der Waals surface area contributed by atoms with E-state index in [-0.39, 0.29) is 12.5 Å². The lowest BCUT2D eigenvalue weighted by atomic mass is 10.1. The van der Waals surface area contributed by atoms with Crippen molar-refractivity contribution in [1.82, 2.24) is 0 Å². The van der Waals surface area contributed by atoms with E-state index in [4.69, 9.17) is 9.47 Å². The molecular formula is C14H21NO3. The molecule has 2 N–H and O–H groups in total. The van der Waals surface area contributed by atoms with Gasteiger partial charge < -0.3 is 19.9 Å². The summed E-state index contributed by atoms with van der Waals surface area (Å²) in [6.07, 6.45) is 0.965. The largest absolute Gasteiger partial charge is 0.486 e. The van der Waals surface area contributed by atoms with Crippen molar-refractivity contribution in [2.24, 2.45) is 5.92 Å². The van der Waals surface area contributed by atoms with Crippen molar-refractivity contribution < 1.29 is 14.6 Å². The number of aryl methyl sites for hydroxylation is 1. The highest BCUT2D eigenvalue weighted by Gasteiger charge is 2.14. The molecule has 1 heterocycles. The van der Waals surface area contributed by atoms with Gasteiger partial charge in [0.1, 0.15) is 13.2 Å². The molecule has 1 aliphatic rings. The Bertz CT molecular complexity index is 402. The number of hydrogen-bond acceptors (Lipinski definition) is 4. The van der Waals surface area contributed by atoms with Gasteiger partial charge in [-0.15, -0.1) is 0 Å². The summed E-state index contributed by atoms with van der Waals surface area (Å²) in [5.74, 6) is 1.91. The van der Waals surface area contributed by atoms with Gasteiger partial charge >= 0.3 is 0 Å². The minimum atomic E-state index is 0.215. The summed E-state index contributed by atoms with van der Waals surface area (Å²) in [6, 6.07) is 3.98. The number of hydrogen-bond donors (Lipinski definition) is 2. The number of anilines is 1. The van der Waals surface area contributed by atoms with E-state index in [1.54, 1.807) is 0 Å². The Balaban J connectivity index is 2.08. The Morgan fingerprint density at radius 3 is 2.56 bits per heavy atom. The first-order chi connectivity index (χ1) is 8.74. The monoisotopic (exact) mass is 251 g/mol. The quantitative estimate of drug-likeness (QED) is 0.842. The molecule has 0 bridgehead atoms. The molecule has 1 aliphatic heterocycles. The Hall–Kier alpha value is -1.42.